The van der Waals surface area contributed by atoms with Crippen molar-refractivity contribution in [3.63, 3.8) is 0 Å². The van der Waals surface area contributed by atoms with Gasteiger partial charge in [0.1, 0.15) is 10.2 Å². The van der Waals surface area contributed by atoms with Crippen LogP contribution in [0.3, 0.4) is 0 Å². The molecule has 1 aliphatic carbocycles. The van der Waals surface area contributed by atoms with Crippen molar-refractivity contribution < 1.29 is 18.4 Å². The first-order valence-electron chi connectivity index (χ1n) is 10.1. The molecule has 2 atom stereocenters. The maximum absolute atomic E-state index is 13.8. The SMILES string of the molecule is CN(C(=O)c1cc(NC(=O)[C@@H]2[C@@H](c3cc(Cl)c(F)c(Cl)c3)C2(Cl)Cl)ccc1Cl)c1ccc(F)cc1. The molecule has 3 aromatic rings. The Morgan fingerprint density at radius 1 is 0.914 bits per heavy atom. The average molecular weight is 579 g/mol. The van der Waals surface area contributed by atoms with E-state index >= 15 is 0 Å². The molecule has 3 aromatic carbocycles. The number of hydrogen-bond donors (Lipinski definition) is 1. The molecule has 1 N–H and O–H groups in total. The lowest BCUT2D eigenvalue weighted by atomic mass is 10.1. The molecule has 1 fully saturated rings. The van der Waals surface area contributed by atoms with Crippen molar-refractivity contribution in [3.8, 4) is 0 Å². The van der Waals surface area contributed by atoms with Gasteiger partial charge in [-0.05, 0) is 60.2 Å². The molecule has 182 valence electrons. The molecule has 35 heavy (non-hydrogen) atoms. The van der Waals surface area contributed by atoms with Gasteiger partial charge in [-0.25, -0.2) is 8.78 Å². The van der Waals surface area contributed by atoms with Crippen molar-refractivity contribution in [1.82, 2.24) is 0 Å². The third-order valence-electron chi connectivity index (χ3n) is 5.68. The standard InChI is InChI=1S/C24H15Cl5F2N2O2/c1-33(14-5-2-12(30)3-6-14)23(35)15-10-13(4-7-16(15)25)32-22(34)20-19(24(20,28)29)11-8-17(26)21(31)18(27)9-11/h2-10,19-20H,1H3,(H,32,34)/t19-,20+/m1/s1. The second-order valence-corrected chi connectivity index (χ2v) is 10.6. The molecule has 0 aliphatic heterocycles. The maximum Gasteiger partial charge on any atom is 0.259 e. The first-order valence-corrected chi connectivity index (χ1v) is 12.0. The van der Waals surface area contributed by atoms with Crippen molar-refractivity contribution in [2.45, 2.75) is 10.3 Å². The van der Waals surface area contributed by atoms with Crippen LogP contribution in [0.2, 0.25) is 15.1 Å². The van der Waals surface area contributed by atoms with E-state index in [4.69, 9.17) is 58.0 Å². The number of rotatable bonds is 5. The zero-order valence-electron chi connectivity index (χ0n) is 17.8. The summed E-state index contributed by atoms with van der Waals surface area (Å²) in [7, 11) is 1.51. The maximum atomic E-state index is 13.8. The van der Waals surface area contributed by atoms with Gasteiger partial charge in [0.2, 0.25) is 5.91 Å². The first kappa shape index (κ1) is 26.0. The van der Waals surface area contributed by atoms with Crippen LogP contribution in [0, 0.1) is 17.6 Å². The van der Waals surface area contributed by atoms with Crippen molar-refractivity contribution in [2.24, 2.45) is 5.92 Å². The van der Waals surface area contributed by atoms with Crippen LogP contribution in [-0.2, 0) is 4.79 Å². The summed E-state index contributed by atoms with van der Waals surface area (Å²) in [6, 6.07) is 12.4. The van der Waals surface area contributed by atoms with Crippen molar-refractivity contribution >= 4 is 81.2 Å². The molecule has 0 aromatic heterocycles. The molecule has 0 heterocycles. The summed E-state index contributed by atoms with van der Waals surface area (Å²) in [6.45, 7) is 0. The number of halogens is 7. The van der Waals surface area contributed by atoms with Crippen molar-refractivity contribution in [1.29, 1.82) is 0 Å². The minimum Gasteiger partial charge on any atom is -0.326 e. The van der Waals surface area contributed by atoms with E-state index < -0.39 is 39.6 Å². The second-order valence-electron chi connectivity index (χ2n) is 7.95. The minimum absolute atomic E-state index is 0.115. The van der Waals surface area contributed by atoms with Crippen molar-refractivity contribution in [3.05, 3.63) is 92.4 Å². The average Bonchev–Trinajstić information content (AvgIpc) is 3.40. The van der Waals surface area contributed by atoms with Gasteiger partial charge in [0.05, 0.1) is 26.5 Å². The molecule has 0 spiro atoms. The van der Waals surface area contributed by atoms with Crippen LogP contribution >= 0.6 is 58.0 Å². The fourth-order valence-corrected chi connectivity index (χ4v) is 5.30. The molecule has 2 amide bonds. The van der Waals surface area contributed by atoms with E-state index in [1.807, 2.05) is 0 Å². The van der Waals surface area contributed by atoms with Gasteiger partial charge in [-0.1, -0.05) is 34.8 Å². The van der Waals surface area contributed by atoms with E-state index in [0.717, 1.165) is 0 Å². The molecule has 0 saturated heterocycles. The number of anilines is 2. The topological polar surface area (TPSA) is 49.4 Å². The summed E-state index contributed by atoms with van der Waals surface area (Å²) < 4.78 is 25.5. The van der Waals surface area contributed by atoms with Gasteiger partial charge in [0, 0.05) is 24.3 Å². The van der Waals surface area contributed by atoms with E-state index in [1.165, 1.54) is 66.5 Å². The van der Waals surface area contributed by atoms with Gasteiger partial charge >= 0.3 is 0 Å². The van der Waals surface area contributed by atoms with Gasteiger partial charge in [0.25, 0.3) is 5.91 Å². The van der Waals surface area contributed by atoms with E-state index in [2.05, 4.69) is 5.32 Å². The summed E-state index contributed by atoms with van der Waals surface area (Å²) >= 11 is 30.7. The molecule has 4 rings (SSSR count). The first-order chi connectivity index (χ1) is 16.4. The van der Waals surface area contributed by atoms with E-state index in [-0.39, 0.29) is 26.3 Å². The van der Waals surface area contributed by atoms with Gasteiger partial charge < -0.3 is 10.2 Å². The molecule has 0 unspecified atom stereocenters. The van der Waals surface area contributed by atoms with E-state index in [1.54, 1.807) is 0 Å². The fraction of sp³-hybridized carbons (Fsp3) is 0.167. The Bertz CT molecular complexity index is 1310. The quantitative estimate of drug-likeness (QED) is 0.249. The summed E-state index contributed by atoms with van der Waals surface area (Å²) in [6.07, 6.45) is 0. The van der Waals surface area contributed by atoms with Crippen LogP contribution in [0.15, 0.2) is 54.6 Å². The lowest BCUT2D eigenvalue weighted by Crippen LogP contribution is -2.26. The monoisotopic (exact) mass is 576 g/mol. The van der Waals surface area contributed by atoms with Gasteiger partial charge in [0.15, 0.2) is 5.82 Å². The van der Waals surface area contributed by atoms with Crippen molar-refractivity contribution in [2.75, 3.05) is 17.3 Å². The summed E-state index contributed by atoms with van der Waals surface area (Å²) in [5.74, 6) is -3.78. The van der Waals surface area contributed by atoms with Gasteiger partial charge in [-0.2, -0.15) is 0 Å². The summed E-state index contributed by atoms with van der Waals surface area (Å²) in [4.78, 5) is 27.3. The molecular weight excluding hydrogens is 564 g/mol. The highest BCUT2D eigenvalue weighted by Crippen LogP contribution is 2.65. The fourth-order valence-electron chi connectivity index (χ4n) is 3.77. The normalized spacial score (nSPS) is 18.2. The zero-order chi connectivity index (χ0) is 25.7. The third kappa shape index (κ3) is 5.09. The zero-order valence-corrected chi connectivity index (χ0v) is 21.5. The molecule has 0 radical (unpaired) electrons. The lowest BCUT2D eigenvalue weighted by Gasteiger charge is -2.18. The van der Waals surface area contributed by atoms with Crippen LogP contribution in [0.1, 0.15) is 21.8 Å². The van der Waals surface area contributed by atoms with Crippen LogP contribution in [0.5, 0.6) is 0 Å². The van der Waals surface area contributed by atoms with Gasteiger partial charge in [-0.15, -0.1) is 23.2 Å². The highest BCUT2D eigenvalue weighted by molar-refractivity contribution is 6.53. The molecule has 11 heteroatoms. The largest absolute Gasteiger partial charge is 0.326 e. The molecular formula is C24H15Cl5F2N2O2. The predicted octanol–water partition coefficient (Wildman–Crippen LogP) is 7.73. The Balaban J connectivity index is 1.54. The highest BCUT2D eigenvalue weighted by atomic mass is 35.5. The van der Waals surface area contributed by atoms with Gasteiger partial charge in [-0.3, -0.25) is 9.59 Å². The van der Waals surface area contributed by atoms with Crippen LogP contribution < -0.4 is 10.2 Å². The Morgan fingerprint density at radius 2 is 1.51 bits per heavy atom. The van der Waals surface area contributed by atoms with Crippen LogP contribution in [-0.4, -0.2) is 23.2 Å². The number of nitrogens with one attached hydrogen (secondary N) is 1. The Morgan fingerprint density at radius 3 is 2.11 bits per heavy atom. The number of nitrogens with zero attached hydrogens (tertiary/aromatic N) is 1. The number of alkyl halides is 2. The molecule has 4 nitrogen and oxygen atoms in total. The van der Waals surface area contributed by atoms with E-state index in [9.17, 15) is 18.4 Å². The summed E-state index contributed by atoms with van der Waals surface area (Å²) in [5.41, 5.74) is 1.26. The number of hydrogen-bond acceptors (Lipinski definition) is 2. The Kier molecular flexibility index (Phi) is 7.24. The highest BCUT2D eigenvalue weighted by Gasteiger charge is 2.67. The number of carbonyl (C=O) groups is 2. The lowest BCUT2D eigenvalue weighted by molar-refractivity contribution is -0.117. The molecule has 0 bridgehead atoms. The van der Waals surface area contributed by atoms with Crippen LogP contribution in [0.25, 0.3) is 0 Å². The smallest absolute Gasteiger partial charge is 0.259 e. The summed E-state index contributed by atoms with van der Waals surface area (Å²) in [5, 5.41) is 2.41. The third-order valence-corrected chi connectivity index (χ3v) is 7.50. The minimum atomic E-state index is -1.47. The van der Waals surface area contributed by atoms with E-state index in [0.29, 0.717) is 11.3 Å². The number of carbonyl (C=O) groups excluding carboxylic acids is 2. The number of benzene rings is 3. The Labute approximate surface area is 224 Å². The Hall–Kier alpha value is -2.09. The predicted molar refractivity (Wildman–Crippen MR) is 136 cm³/mol. The number of amides is 2. The molecule has 1 saturated carbocycles. The van der Waals surface area contributed by atoms with Crippen LogP contribution in [0.4, 0.5) is 20.2 Å². The second kappa shape index (κ2) is 9.75. The molecule has 1 aliphatic rings.